The normalized spacial score (nSPS) is 42.6. The van der Waals surface area contributed by atoms with Crippen molar-refractivity contribution in [3.8, 4) is 0 Å². The molecule has 2 aliphatic carbocycles. The third-order valence-electron chi connectivity index (χ3n) is 7.90. The van der Waals surface area contributed by atoms with Gasteiger partial charge in [0.1, 0.15) is 6.17 Å². The van der Waals surface area contributed by atoms with Crippen molar-refractivity contribution >= 4 is 23.4 Å². The zero-order valence-electron chi connectivity index (χ0n) is 18.2. The Hall–Kier alpha value is -0.920. The highest BCUT2D eigenvalue weighted by atomic mass is 35.5. The highest BCUT2D eigenvalue weighted by molar-refractivity contribution is 6.20. The summed E-state index contributed by atoms with van der Waals surface area (Å²) in [6.45, 7) is 7.01. The van der Waals surface area contributed by atoms with Gasteiger partial charge in [0.2, 0.25) is 11.8 Å². The van der Waals surface area contributed by atoms with Gasteiger partial charge in [0.25, 0.3) is 0 Å². The number of nitrogens with zero attached hydrogens (tertiary/aromatic N) is 2. The maximum atomic E-state index is 14.4. The Bertz CT molecular complexity index is 627. The monoisotopic (exact) mass is 442 g/mol. The van der Waals surface area contributed by atoms with Crippen molar-refractivity contribution in [3.63, 3.8) is 0 Å². The third-order valence-corrected chi connectivity index (χ3v) is 8.26. The van der Waals surface area contributed by atoms with Gasteiger partial charge in [-0.1, -0.05) is 6.92 Å². The van der Waals surface area contributed by atoms with Crippen molar-refractivity contribution in [2.24, 2.45) is 11.8 Å². The third kappa shape index (κ3) is 4.78. The van der Waals surface area contributed by atoms with Crippen LogP contribution in [0.25, 0.3) is 0 Å². The van der Waals surface area contributed by atoms with Crippen LogP contribution in [0.5, 0.6) is 0 Å². The first-order chi connectivity index (χ1) is 14.3. The van der Waals surface area contributed by atoms with Crippen LogP contribution < -0.4 is 10.6 Å². The fourth-order valence-electron chi connectivity index (χ4n) is 6.14. The summed E-state index contributed by atoms with van der Waals surface area (Å²) in [6, 6.07) is 0.191. The second kappa shape index (κ2) is 9.29. The minimum Gasteiger partial charge on any atom is -0.352 e. The SMILES string of the molecule is CC(=O)N1CCN(C2CC(Cl)CC(NC(=O)C3CC4C(F)CCC(C)C4N3)C2)CC1. The lowest BCUT2D eigenvalue weighted by Gasteiger charge is -2.43. The molecule has 30 heavy (non-hydrogen) atoms. The molecule has 0 aromatic carbocycles. The fraction of sp³-hybridized carbons (Fsp3) is 0.909. The van der Waals surface area contributed by atoms with Crippen LogP contribution in [0.15, 0.2) is 0 Å². The molecule has 0 aromatic rings. The molecule has 4 aliphatic rings. The number of rotatable bonds is 3. The molecule has 6 nitrogen and oxygen atoms in total. The molecule has 2 aliphatic heterocycles. The molecule has 170 valence electrons. The largest absolute Gasteiger partial charge is 0.352 e. The molecular weight excluding hydrogens is 407 g/mol. The van der Waals surface area contributed by atoms with Crippen LogP contribution >= 0.6 is 11.6 Å². The molecule has 0 aromatic heterocycles. The van der Waals surface area contributed by atoms with E-state index < -0.39 is 6.17 Å². The van der Waals surface area contributed by atoms with Crippen LogP contribution in [0.4, 0.5) is 4.39 Å². The van der Waals surface area contributed by atoms with Crippen molar-refractivity contribution in [1.82, 2.24) is 20.4 Å². The van der Waals surface area contributed by atoms with Gasteiger partial charge in [0, 0.05) is 62.5 Å². The molecule has 0 spiro atoms. The molecule has 0 radical (unpaired) electrons. The van der Waals surface area contributed by atoms with Crippen LogP contribution in [0.2, 0.25) is 0 Å². The summed E-state index contributed by atoms with van der Waals surface area (Å²) in [5.41, 5.74) is 0. The first kappa shape index (κ1) is 22.3. The summed E-state index contributed by atoms with van der Waals surface area (Å²) in [6.07, 6.45) is 3.88. The molecule has 8 heteroatoms. The summed E-state index contributed by atoms with van der Waals surface area (Å²) in [4.78, 5) is 28.9. The first-order valence-electron chi connectivity index (χ1n) is 11.7. The van der Waals surface area contributed by atoms with Crippen LogP contribution in [0, 0.1) is 11.8 Å². The van der Waals surface area contributed by atoms with Crippen molar-refractivity contribution in [2.75, 3.05) is 26.2 Å². The van der Waals surface area contributed by atoms with E-state index in [1.807, 2.05) is 4.90 Å². The minimum absolute atomic E-state index is 0.000263. The molecule has 2 amide bonds. The van der Waals surface area contributed by atoms with E-state index in [9.17, 15) is 14.0 Å². The van der Waals surface area contributed by atoms with Gasteiger partial charge in [-0.15, -0.1) is 11.6 Å². The number of carbonyl (C=O) groups excluding carboxylic acids is 2. The number of piperazine rings is 1. The maximum Gasteiger partial charge on any atom is 0.237 e. The van der Waals surface area contributed by atoms with Crippen LogP contribution in [-0.2, 0) is 9.59 Å². The fourth-order valence-corrected chi connectivity index (χ4v) is 6.56. The van der Waals surface area contributed by atoms with E-state index in [-0.39, 0.29) is 41.2 Å². The van der Waals surface area contributed by atoms with Gasteiger partial charge in [-0.3, -0.25) is 14.5 Å². The van der Waals surface area contributed by atoms with Gasteiger partial charge >= 0.3 is 0 Å². The Balaban J connectivity index is 1.31. The molecule has 2 N–H and O–H groups in total. The van der Waals surface area contributed by atoms with Crippen molar-refractivity contribution in [2.45, 2.75) is 88.1 Å². The van der Waals surface area contributed by atoms with Gasteiger partial charge in [0.05, 0.1) is 6.04 Å². The average Bonchev–Trinajstić information content (AvgIpc) is 3.17. The van der Waals surface area contributed by atoms with E-state index in [2.05, 4.69) is 22.5 Å². The van der Waals surface area contributed by atoms with Crippen LogP contribution in [0.3, 0.4) is 0 Å². The van der Waals surface area contributed by atoms with E-state index in [1.54, 1.807) is 6.92 Å². The zero-order valence-corrected chi connectivity index (χ0v) is 18.9. The summed E-state index contributed by atoms with van der Waals surface area (Å²) in [7, 11) is 0. The number of alkyl halides is 2. The smallest absolute Gasteiger partial charge is 0.237 e. The number of carbonyl (C=O) groups is 2. The lowest BCUT2D eigenvalue weighted by atomic mass is 9.77. The Morgan fingerprint density at radius 2 is 1.80 bits per heavy atom. The molecule has 2 saturated carbocycles. The van der Waals surface area contributed by atoms with Crippen LogP contribution in [-0.4, -0.2) is 83.5 Å². The maximum absolute atomic E-state index is 14.4. The van der Waals surface area contributed by atoms with Gasteiger partial charge in [-0.25, -0.2) is 4.39 Å². The molecule has 2 saturated heterocycles. The van der Waals surface area contributed by atoms with E-state index in [0.29, 0.717) is 24.8 Å². The lowest BCUT2D eigenvalue weighted by Crippen LogP contribution is -2.56. The molecule has 8 atom stereocenters. The second-order valence-electron chi connectivity index (χ2n) is 9.92. The van der Waals surface area contributed by atoms with Gasteiger partial charge in [0.15, 0.2) is 0 Å². The highest BCUT2D eigenvalue weighted by Gasteiger charge is 2.46. The standard InChI is InChI=1S/C22H36ClFN4O2/c1-13-3-4-19(24)18-12-20(26-21(13)18)22(30)25-16-9-15(23)10-17(11-16)28-7-5-27(6-8-28)14(2)29/h13,15-21,26H,3-12H2,1-2H3,(H,25,30). The number of halogens is 2. The number of nitrogens with one attached hydrogen (secondary N) is 2. The lowest BCUT2D eigenvalue weighted by molar-refractivity contribution is -0.131. The molecule has 8 unspecified atom stereocenters. The number of fused-ring (bicyclic) bond motifs is 1. The van der Waals surface area contributed by atoms with E-state index in [0.717, 1.165) is 51.9 Å². The molecular formula is C22H36ClFN4O2. The topological polar surface area (TPSA) is 64.7 Å². The number of hydrogen-bond acceptors (Lipinski definition) is 4. The van der Waals surface area contributed by atoms with E-state index in [4.69, 9.17) is 11.6 Å². The van der Waals surface area contributed by atoms with E-state index in [1.165, 1.54) is 0 Å². The quantitative estimate of drug-likeness (QED) is 0.655. The Labute approximate surface area is 184 Å². The summed E-state index contributed by atoms with van der Waals surface area (Å²) < 4.78 is 14.4. The summed E-state index contributed by atoms with van der Waals surface area (Å²) in [5, 5.41) is 6.69. The number of hydrogen-bond donors (Lipinski definition) is 2. The Morgan fingerprint density at radius 3 is 2.47 bits per heavy atom. The first-order valence-corrected chi connectivity index (χ1v) is 12.1. The molecule has 0 bridgehead atoms. The highest BCUT2D eigenvalue weighted by Crippen LogP contribution is 2.38. The van der Waals surface area contributed by atoms with Crippen molar-refractivity contribution < 1.29 is 14.0 Å². The van der Waals surface area contributed by atoms with Gasteiger partial charge in [-0.05, 0) is 44.4 Å². The van der Waals surface area contributed by atoms with Crippen LogP contribution in [0.1, 0.15) is 52.4 Å². The van der Waals surface area contributed by atoms with Gasteiger partial charge in [-0.2, -0.15) is 0 Å². The Morgan fingerprint density at radius 1 is 1.07 bits per heavy atom. The average molecular weight is 443 g/mol. The zero-order chi connectivity index (χ0) is 21.4. The van der Waals surface area contributed by atoms with E-state index >= 15 is 0 Å². The molecule has 2 heterocycles. The summed E-state index contributed by atoms with van der Waals surface area (Å²) >= 11 is 6.58. The van der Waals surface area contributed by atoms with Crippen molar-refractivity contribution in [3.05, 3.63) is 0 Å². The predicted molar refractivity (Wildman–Crippen MR) is 115 cm³/mol. The Kier molecular flexibility index (Phi) is 6.90. The summed E-state index contributed by atoms with van der Waals surface area (Å²) in [5.74, 6) is 0.509. The minimum atomic E-state index is -0.795. The second-order valence-corrected chi connectivity index (χ2v) is 10.5. The van der Waals surface area contributed by atoms with Crippen molar-refractivity contribution in [1.29, 1.82) is 0 Å². The predicted octanol–water partition coefficient (Wildman–Crippen LogP) is 1.91. The molecule has 4 rings (SSSR count). The van der Waals surface area contributed by atoms with Gasteiger partial charge < -0.3 is 15.5 Å². The number of amides is 2. The molecule has 4 fully saturated rings.